The van der Waals surface area contributed by atoms with Gasteiger partial charge in [0, 0.05) is 18.1 Å². The summed E-state index contributed by atoms with van der Waals surface area (Å²) in [5, 5.41) is 3.72. The van der Waals surface area contributed by atoms with E-state index in [0.717, 1.165) is 6.54 Å². The molecule has 20 heavy (non-hydrogen) atoms. The molecule has 0 aromatic heterocycles. The van der Waals surface area contributed by atoms with E-state index in [1.165, 1.54) is 24.0 Å². The van der Waals surface area contributed by atoms with Gasteiger partial charge >= 0.3 is 0 Å². The lowest BCUT2D eigenvalue weighted by Gasteiger charge is -2.43. The van der Waals surface area contributed by atoms with Crippen LogP contribution in [0.5, 0.6) is 0 Å². The monoisotopic (exact) mass is 274 g/mol. The molecule has 0 spiro atoms. The van der Waals surface area contributed by atoms with Crippen molar-refractivity contribution in [2.45, 2.75) is 58.7 Å². The molecule has 0 amide bonds. The first-order chi connectivity index (χ1) is 9.56. The van der Waals surface area contributed by atoms with E-state index in [-0.39, 0.29) is 0 Å². The highest BCUT2D eigenvalue weighted by Gasteiger charge is 2.33. The van der Waals surface area contributed by atoms with Crippen LogP contribution in [0.3, 0.4) is 0 Å². The summed E-state index contributed by atoms with van der Waals surface area (Å²) in [6.07, 6.45) is 2.46. The molecule has 0 saturated carbocycles. The number of benzene rings is 1. The molecule has 0 saturated heterocycles. The minimum absolute atomic E-state index is 0.469. The second kappa shape index (κ2) is 6.73. The van der Waals surface area contributed by atoms with Crippen LogP contribution in [0.25, 0.3) is 0 Å². The molecular weight excluding hydrogens is 244 g/mol. The zero-order valence-corrected chi connectivity index (χ0v) is 13.7. The number of nitrogens with zero attached hydrogens (tertiary/aromatic N) is 1. The molecular formula is C18H30N2. The van der Waals surface area contributed by atoms with Crippen LogP contribution < -0.4 is 5.32 Å². The molecule has 2 nitrogen and oxygen atoms in total. The Morgan fingerprint density at radius 1 is 1.25 bits per heavy atom. The van der Waals surface area contributed by atoms with Gasteiger partial charge in [0.15, 0.2) is 0 Å². The quantitative estimate of drug-likeness (QED) is 0.882. The number of likely N-dealkylation sites (N-methyl/N-ethyl adjacent to an activating group) is 2. The van der Waals surface area contributed by atoms with Crippen molar-refractivity contribution in [3.8, 4) is 0 Å². The van der Waals surface area contributed by atoms with E-state index in [1.807, 2.05) is 0 Å². The lowest BCUT2D eigenvalue weighted by molar-refractivity contribution is 0.106. The van der Waals surface area contributed by atoms with E-state index in [2.05, 4.69) is 69.2 Å². The summed E-state index contributed by atoms with van der Waals surface area (Å²) in [4.78, 5) is 2.59. The molecule has 1 N–H and O–H groups in total. The normalized spacial score (nSPS) is 23.9. The maximum Gasteiger partial charge on any atom is 0.0480 e. The van der Waals surface area contributed by atoms with Crippen molar-refractivity contribution in [2.24, 2.45) is 5.92 Å². The van der Waals surface area contributed by atoms with Crippen LogP contribution in [0.4, 0.5) is 0 Å². The average Bonchev–Trinajstić information content (AvgIpc) is 2.46. The minimum Gasteiger partial charge on any atom is -0.309 e. The van der Waals surface area contributed by atoms with Gasteiger partial charge in [-0.1, -0.05) is 45.0 Å². The van der Waals surface area contributed by atoms with Gasteiger partial charge in [0.05, 0.1) is 0 Å². The van der Waals surface area contributed by atoms with Gasteiger partial charge in [0.25, 0.3) is 0 Å². The third-order valence-electron chi connectivity index (χ3n) is 5.04. The van der Waals surface area contributed by atoms with Gasteiger partial charge < -0.3 is 5.32 Å². The van der Waals surface area contributed by atoms with Crippen molar-refractivity contribution in [1.29, 1.82) is 0 Å². The highest BCUT2D eigenvalue weighted by Crippen LogP contribution is 2.33. The van der Waals surface area contributed by atoms with Gasteiger partial charge in [0.1, 0.15) is 0 Å². The summed E-state index contributed by atoms with van der Waals surface area (Å²) in [7, 11) is 2.30. The summed E-state index contributed by atoms with van der Waals surface area (Å²) < 4.78 is 0. The molecule has 2 heteroatoms. The van der Waals surface area contributed by atoms with Crippen LogP contribution in [0.1, 0.15) is 51.3 Å². The van der Waals surface area contributed by atoms with E-state index < -0.39 is 0 Å². The van der Waals surface area contributed by atoms with Crippen LogP contribution in [-0.2, 0) is 6.42 Å². The smallest absolute Gasteiger partial charge is 0.0480 e. The molecule has 0 aliphatic heterocycles. The second-order valence-corrected chi connectivity index (χ2v) is 6.49. The van der Waals surface area contributed by atoms with Crippen molar-refractivity contribution in [3.63, 3.8) is 0 Å². The molecule has 0 heterocycles. The van der Waals surface area contributed by atoms with Crippen molar-refractivity contribution in [1.82, 2.24) is 10.2 Å². The van der Waals surface area contributed by atoms with Crippen molar-refractivity contribution < 1.29 is 0 Å². The van der Waals surface area contributed by atoms with Crippen molar-refractivity contribution in [3.05, 3.63) is 35.4 Å². The summed E-state index contributed by atoms with van der Waals surface area (Å²) in [6, 6.07) is 10.6. The predicted octanol–water partition coefficient (Wildman–Crippen LogP) is 3.63. The van der Waals surface area contributed by atoms with Crippen LogP contribution in [0.15, 0.2) is 24.3 Å². The van der Waals surface area contributed by atoms with Crippen molar-refractivity contribution >= 4 is 0 Å². The van der Waals surface area contributed by atoms with E-state index in [4.69, 9.17) is 0 Å². The summed E-state index contributed by atoms with van der Waals surface area (Å²) >= 11 is 0. The molecule has 0 fully saturated rings. The van der Waals surface area contributed by atoms with Gasteiger partial charge in [0.2, 0.25) is 0 Å². The van der Waals surface area contributed by atoms with Gasteiger partial charge in [-0.05, 0) is 50.4 Å². The van der Waals surface area contributed by atoms with Gasteiger partial charge in [-0.3, -0.25) is 4.90 Å². The largest absolute Gasteiger partial charge is 0.309 e. The first-order valence-corrected chi connectivity index (χ1v) is 8.09. The summed E-state index contributed by atoms with van der Waals surface area (Å²) in [5.74, 6) is 0.694. The number of nitrogens with one attached hydrogen (secondary N) is 1. The molecule has 1 aliphatic carbocycles. The lowest BCUT2D eigenvalue weighted by atomic mass is 9.82. The molecule has 1 aromatic rings. The zero-order chi connectivity index (χ0) is 14.7. The Morgan fingerprint density at radius 2 is 1.95 bits per heavy atom. The first kappa shape index (κ1) is 15.5. The minimum atomic E-state index is 0.469. The molecule has 2 rings (SSSR count). The maximum absolute atomic E-state index is 3.72. The summed E-state index contributed by atoms with van der Waals surface area (Å²) in [5.41, 5.74) is 3.04. The summed E-state index contributed by atoms with van der Waals surface area (Å²) in [6.45, 7) is 10.2. The predicted molar refractivity (Wildman–Crippen MR) is 87.0 cm³/mol. The third-order valence-corrected chi connectivity index (χ3v) is 5.04. The highest BCUT2D eigenvalue weighted by atomic mass is 15.2. The Balaban J connectivity index is 2.26. The SMILES string of the molecule is CCNC1c2ccccc2CCC1N(C)C(C)C(C)C. The van der Waals surface area contributed by atoms with E-state index in [0.29, 0.717) is 24.0 Å². The Kier molecular flexibility index (Phi) is 5.22. The standard InChI is InChI=1S/C18H30N2/c1-6-19-18-16-10-8-7-9-15(16)11-12-17(18)20(5)14(4)13(2)3/h7-10,13-14,17-19H,6,11-12H2,1-5H3. The number of hydrogen-bond donors (Lipinski definition) is 1. The third kappa shape index (κ3) is 3.07. The molecule has 3 atom stereocenters. The van der Waals surface area contributed by atoms with E-state index in [1.54, 1.807) is 0 Å². The van der Waals surface area contributed by atoms with E-state index >= 15 is 0 Å². The zero-order valence-electron chi connectivity index (χ0n) is 13.7. The van der Waals surface area contributed by atoms with Crippen LogP contribution in [0.2, 0.25) is 0 Å². The van der Waals surface area contributed by atoms with Crippen LogP contribution >= 0.6 is 0 Å². The van der Waals surface area contributed by atoms with Gasteiger partial charge in [-0.25, -0.2) is 0 Å². The number of hydrogen-bond acceptors (Lipinski definition) is 2. The second-order valence-electron chi connectivity index (χ2n) is 6.49. The fraction of sp³-hybridized carbons (Fsp3) is 0.667. The van der Waals surface area contributed by atoms with E-state index in [9.17, 15) is 0 Å². The molecule has 3 unspecified atom stereocenters. The fourth-order valence-corrected chi connectivity index (χ4v) is 3.42. The Labute approximate surface area is 124 Å². The maximum atomic E-state index is 3.72. The molecule has 0 bridgehead atoms. The first-order valence-electron chi connectivity index (χ1n) is 8.09. The van der Waals surface area contributed by atoms with Gasteiger partial charge in [-0.15, -0.1) is 0 Å². The highest BCUT2D eigenvalue weighted by molar-refractivity contribution is 5.34. The molecule has 1 aliphatic rings. The Morgan fingerprint density at radius 3 is 2.60 bits per heavy atom. The number of fused-ring (bicyclic) bond motifs is 1. The Bertz CT molecular complexity index is 427. The number of rotatable bonds is 5. The lowest BCUT2D eigenvalue weighted by Crippen LogP contribution is -2.50. The topological polar surface area (TPSA) is 15.3 Å². The number of aryl methyl sites for hydroxylation is 1. The van der Waals surface area contributed by atoms with Gasteiger partial charge in [-0.2, -0.15) is 0 Å². The van der Waals surface area contributed by atoms with Crippen molar-refractivity contribution in [2.75, 3.05) is 13.6 Å². The van der Waals surface area contributed by atoms with Crippen LogP contribution in [-0.4, -0.2) is 30.6 Å². The molecule has 112 valence electrons. The fourth-order valence-electron chi connectivity index (χ4n) is 3.42. The molecule has 0 radical (unpaired) electrons. The molecule has 1 aromatic carbocycles. The Hall–Kier alpha value is -0.860. The average molecular weight is 274 g/mol. The van der Waals surface area contributed by atoms with Crippen LogP contribution in [0, 0.1) is 5.92 Å².